The van der Waals surface area contributed by atoms with Crippen LogP contribution in [0.5, 0.6) is 0 Å². The fourth-order valence-electron chi connectivity index (χ4n) is 2.49. The number of morpholine rings is 1. The van der Waals surface area contributed by atoms with Crippen LogP contribution in [-0.2, 0) is 11.2 Å². The minimum Gasteiger partial charge on any atom is -0.379 e. The van der Waals surface area contributed by atoms with Gasteiger partial charge in [-0.05, 0) is 50.5 Å². The lowest BCUT2D eigenvalue weighted by molar-refractivity contribution is 0.0375. The third kappa shape index (κ3) is 5.31. The molecule has 0 amide bonds. The van der Waals surface area contributed by atoms with Crippen LogP contribution in [0.15, 0.2) is 24.3 Å². The molecule has 1 aromatic carbocycles. The summed E-state index contributed by atoms with van der Waals surface area (Å²) in [5, 5.41) is 3.54. The summed E-state index contributed by atoms with van der Waals surface area (Å²) in [6, 6.07) is 8.65. The smallest absolute Gasteiger partial charge is 0.0594 e. The van der Waals surface area contributed by atoms with Crippen molar-refractivity contribution in [3.8, 4) is 0 Å². The minimum absolute atomic E-state index is 0.903. The molecule has 0 bridgehead atoms. The average molecular weight is 262 g/mol. The van der Waals surface area contributed by atoms with E-state index in [1.165, 1.54) is 24.1 Å². The second-order valence-corrected chi connectivity index (χ2v) is 5.23. The molecule has 3 heteroatoms. The van der Waals surface area contributed by atoms with Gasteiger partial charge >= 0.3 is 0 Å². The Kier molecular flexibility index (Phi) is 6.34. The van der Waals surface area contributed by atoms with E-state index in [4.69, 9.17) is 4.74 Å². The van der Waals surface area contributed by atoms with E-state index in [9.17, 15) is 0 Å². The highest BCUT2D eigenvalue weighted by Gasteiger charge is 2.08. The number of ether oxygens (including phenoxy) is 1. The van der Waals surface area contributed by atoms with Crippen molar-refractivity contribution in [1.29, 1.82) is 0 Å². The van der Waals surface area contributed by atoms with Crippen LogP contribution >= 0.6 is 0 Å². The maximum atomic E-state index is 5.35. The van der Waals surface area contributed by atoms with E-state index in [2.05, 4.69) is 41.4 Å². The van der Waals surface area contributed by atoms with Crippen LogP contribution in [0.25, 0.3) is 0 Å². The zero-order valence-corrected chi connectivity index (χ0v) is 12.0. The fraction of sp³-hybridized carbons (Fsp3) is 0.625. The van der Waals surface area contributed by atoms with Crippen molar-refractivity contribution in [2.24, 2.45) is 0 Å². The summed E-state index contributed by atoms with van der Waals surface area (Å²) in [6.45, 7) is 9.58. The van der Waals surface area contributed by atoms with E-state index >= 15 is 0 Å². The molecule has 106 valence electrons. The van der Waals surface area contributed by atoms with Crippen molar-refractivity contribution in [1.82, 2.24) is 10.2 Å². The zero-order valence-electron chi connectivity index (χ0n) is 12.0. The molecular weight excluding hydrogens is 236 g/mol. The Morgan fingerprint density at radius 1 is 1.16 bits per heavy atom. The lowest BCUT2D eigenvalue weighted by atomic mass is 10.1. The van der Waals surface area contributed by atoms with E-state index < -0.39 is 0 Å². The van der Waals surface area contributed by atoms with E-state index in [-0.39, 0.29) is 0 Å². The van der Waals surface area contributed by atoms with Gasteiger partial charge in [0, 0.05) is 13.1 Å². The molecule has 1 heterocycles. The molecule has 1 aliphatic heterocycles. The number of hydrogen-bond donors (Lipinski definition) is 1. The summed E-state index contributed by atoms with van der Waals surface area (Å²) < 4.78 is 5.35. The third-order valence-electron chi connectivity index (χ3n) is 3.76. The fourth-order valence-corrected chi connectivity index (χ4v) is 2.49. The summed E-state index contributed by atoms with van der Waals surface area (Å²) in [4.78, 5) is 2.49. The Bertz CT molecular complexity index is 362. The molecule has 0 saturated carbocycles. The van der Waals surface area contributed by atoms with Crippen molar-refractivity contribution in [3.63, 3.8) is 0 Å². The van der Waals surface area contributed by atoms with Crippen LogP contribution in [0, 0.1) is 6.92 Å². The molecule has 0 radical (unpaired) electrons. The van der Waals surface area contributed by atoms with Crippen LogP contribution in [0.1, 0.15) is 17.5 Å². The average Bonchev–Trinajstić information content (AvgIpc) is 2.45. The molecule has 19 heavy (non-hydrogen) atoms. The highest BCUT2D eigenvalue weighted by atomic mass is 16.5. The van der Waals surface area contributed by atoms with Crippen LogP contribution in [0.2, 0.25) is 0 Å². The summed E-state index contributed by atoms with van der Waals surface area (Å²) in [7, 11) is 0. The van der Waals surface area contributed by atoms with Gasteiger partial charge in [-0.2, -0.15) is 0 Å². The van der Waals surface area contributed by atoms with Crippen molar-refractivity contribution >= 4 is 0 Å². The largest absolute Gasteiger partial charge is 0.379 e. The number of nitrogens with zero attached hydrogens (tertiary/aromatic N) is 1. The monoisotopic (exact) mass is 262 g/mol. The van der Waals surface area contributed by atoms with E-state index in [1.54, 1.807) is 0 Å². The second-order valence-electron chi connectivity index (χ2n) is 5.23. The highest BCUT2D eigenvalue weighted by Crippen LogP contribution is 2.06. The molecule has 0 aliphatic carbocycles. The minimum atomic E-state index is 0.903. The molecule has 1 aromatic rings. The number of hydrogen-bond acceptors (Lipinski definition) is 3. The quantitative estimate of drug-likeness (QED) is 0.759. The lowest BCUT2D eigenvalue weighted by Gasteiger charge is -2.26. The first-order valence-electron chi connectivity index (χ1n) is 7.41. The molecule has 0 unspecified atom stereocenters. The van der Waals surface area contributed by atoms with Crippen molar-refractivity contribution in [3.05, 3.63) is 35.4 Å². The maximum absolute atomic E-state index is 5.35. The molecule has 2 rings (SSSR count). The van der Waals surface area contributed by atoms with Crippen molar-refractivity contribution in [2.75, 3.05) is 45.9 Å². The van der Waals surface area contributed by atoms with Crippen LogP contribution in [-0.4, -0.2) is 50.8 Å². The first-order chi connectivity index (χ1) is 9.36. The van der Waals surface area contributed by atoms with Gasteiger partial charge in [-0.1, -0.05) is 24.3 Å². The summed E-state index contributed by atoms with van der Waals surface area (Å²) in [5.74, 6) is 0. The molecule has 1 saturated heterocycles. The Labute approximate surface area is 116 Å². The molecule has 0 aromatic heterocycles. The normalized spacial score (nSPS) is 16.7. The number of rotatable bonds is 7. The predicted octanol–water partition coefficient (Wildman–Crippen LogP) is 1.85. The van der Waals surface area contributed by atoms with E-state index in [1.807, 2.05) is 0 Å². The standard InChI is InChI=1S/C16H26N2O/c1-15-5-2-3-6-16(15)7-9-17-8-4-10-18-11-13-19-14-12-18/h2-3,5-6,17H,4,7-14H2,1H3. The molecule has 0 spiro atoms. The molecule has 3 nitrogen and oxygen atoms in total. The Balaban J connectivity index is 1.51. The zero-order chi connectivity index (χ0) is 13.3. The summed E-state index contributed by atoms with van der Waals surface area (Å²) in [6.07, 6.45) is 2.36. The Hall–Kier alpha value is -0.900. The topological polar surface area (TPSA) is 24.5 Å². The molecular formula is C16H26N2O. The number of benzene rings is 1. The maximum Gasteiger partial charge on any atom is 0.0594 e. The van der Waals surface area contributed by atoms with Crippen molar-refractivity contribution in [2.45, 2.75) is 19.8 Å². The van der Waals surface area contributed by atoms with Crippen LogP contribution in [0.4, 0.5) is 0 Å². The van der Waals surface area contributed by atoms with Gasteiger partial charge in [0.15, 0.2) is 0 Å². The van der Waals surface area contributed by atoms with Gasteiger partial charge in [-0.15, -0.1) is 0 Å². The van der Waals surface area contributed by atoms with E-state index in [0.29, 0.717) is 0 Å². The van der Waals surface area contributed by atoms with Gasteiger partial charge < -0.3 is 10.1 Å². The molecule has 1 aliphatic rings. The molecule has 1 N–H and O–H groups in total. The van der Waals surface area contributed by atoms with Gasteiger partial charge in [0.05, 0.1) is 13.2 Å². The number of aryl methyl sites for hydroxylation is 1. The third-order valence-corrected chi connectivity index (χ3v) is 3.76. The first-order valence-corrected chi connectivity index (χ1v) is 7.41. The van der Waals surface area contributed by atoms with Gasteiger partial charge in [0.2, 0.25) is 0 Å². The van der Waals surface area contributed by atoms with Crippen molar-refractivity contribution < 1.29 is 4.74 Å². The van der Waals surface area contributed by atoms with Gasteiger partial charge in [0.25, 0.3) is 0 Å². The molecule has 0 atom stereocenters. The van der Waals surface area contributed by atoms with E-state index in [0.717, 1.165) is 45.8 Å². The molecule has 1 fully saturated rings. The van der Waals surface area contributed by atoms with Crippen LogP contribution in [0.3, 0.4) is 0 Å². The van der Waals surface area contributed by atoms with Crippen LogP contribution < -0.4 is 5.32 Å². The summed E-state index contributed by atoms with van der Waals surface area (Å²) in [5.41, 5.74) is 2.86. The summed E-state index contributed by atoms with van der Waals surface area (Å²) >= 11 is 0. The Morgan fingerprint density at radius 2 is 1.95 bits per heavy atom. The first kappa shape index (κ1) is 14.5. The Morgan fingerprint density at radius 3 is 2.74 bits per heavy atom. The highest BCUT2D eigenvalue weighted by molar-refractivity contribution is 5.25. The van der Waals surface area contributed by atoms with Gasteiger partial charge in [-0.3, -0.25) is 4.90 Å². The second kappa shape index (κ2) is 8.31. The van der Waals surface area contributed by atoms with Gasteiger partial charge in [-0.25, -0.2) is 0 Å². The SMILES string of the molecule is Cc1ccccc1CCNCCCN1CCOCC1. The predicted molar refractivity (Wildman–Crippen MR) is 79.6 cm³/mol. The number of nitrogens with one attached hydrogen (secondary N) is 1. The van der Waals surface area contributed by atoms with Gasteiger partial charge in [0.1, 0.15) is 0 Å². The lowest BCUT2D eigenvalue weighted by Crippen LogP contribution is -2.37.